The maximum atomic E-state index is 14.3. The number of piperazine rings is 1. The van der Waals surface area contributed by atoms with Crippen LogP contribution in [-0.2, 0) is 0 Å². The summed E-state index contributed by atoms with van der Waals surface area (Å²) in [5.41, 5.74) is 0.935. The predicted molar refractivity (Wildman–Crippen MR) is 250 cm³/mol. The van der Waals surface area contributed by atoms with Crippen LogP contribution >= 0.6 is 0 Å². The molecule has 3 fully saturated rings. The zero-order valence-electron chi connectivity index (χ0n) is 40.3. The first kappa shape index (κ1) is 47.5. The molecule has 3 saturated heterocycles. The molecule has 2 N–H and O–H groups in total. The summed E-state index contributed by atoms with van der Waals surface area (Å²) in [5, 5.41) is 7.96. The molecule has 64 heavy (non-hydrogen) atoms. The van der Waals surface area contributed by atoms with Gasteiger partial charge < -0.3 is 20.4 Å². The number of amides is 6. The number of carbonyl (C=O) groups is 6. The first-order chi connectivity index (χ1) is 30.4. The van der Waals surface area contributed by atoms with Crippen LogP contribution in [0.15, 0.2) is 36.4 Å². The van der Waals surface area contributed by atoms with Gasteiger partial charge in [-0.2, -0.15) is 0 Å². The van der Waals surface area contributed by atoms with E-state index in [1.54, 1.807) is 46.2 Å². The highest BCUT2D eigenvalue weighted by Crippen LogP contribution is 2.46. The van der Waals surface area contributed by atoms with Crippen molar-refractivity contribution in [2.75, 3.05) is 26.2 Å². The molecule has 12 heteroatoms. The molecule has 8 unspecified atom stereocenters. The molecule has 5 heterocycles. The van der Waals surface area contributed by atoms with Gasteiger partial charge in [0.1, 0.15) is 0 Å². The molecule has 0 aromatic heterocycles. The molecule has 2 aromatic rings. The van der Waals surface area contributed by atoms with E-state index in [0.29, 0.717) is 35.1 Å². The Balaban J connectivity index is 1.03. The normalized spacial score (nSPS) is 31.8. The van der Waals surface area contributed by atoms with Gasteiger partial charge in [0.15, 0.2) is 0 Å². The summed E-state index contributed by atoms with van der Waals surface area (Å²) in [5.74, 6) is -1.63. The van der Waals surface area contributed by atoms with Gasteiger partial charge in [-0.1, -0.05) is 67.2 Å². The van der Waals surface area contributed by atoms with E-state index in [0.717, 1.165) is 64.2 Å². The highest BCUT2D eigenvalue weighted by molar-refractivity contribution is 6.23. The van der Waals surface area contributed by atoms with Crippen molar-refractivity contribution in [2.45, 2.75) is 181 Å². The van der Waals surface area contributed by atoms with Crippen molar-refractivity contribution in [3.8, 4) is 0 Å². The summed E-state index contributed by atoms with van der Waals surface area (Å²) >= 11 is 0. The van der Waals surface area contributed by atoms with Crippen molar-refractivity contribution in [2.24, 2.45) is 11.8 Å². The van der Waals surface area contributed by atoms with Crippen LogP contribution in [-0.4, -0.2) is 115 Å². The Morgan fingerprint density at radius 3 is 1.16 bits per heavy atom. The largest absolute Gasteiger partial charge is 0.335 e. The average Bonchev–Trinajstić information content (AvgIpc) is 3.65. The summed E-state index contributed by atoms with van der Waals surface area (Å²) in [7, 11) is 0. The van der Waals surface area contributed by atoms with E-state index in [1.165, 1.54) is 9.80 Å². The molecule has 0 spiro atoms. The lowest BCUT2D eigenvalue weighted by molar-refractivity contribution is -0.00399. The Bertz CT molecular complexity index is 2030. The highest BCUT2D eigenvalue weighted by atomic mass is 16.2. The number of imide groups is 2. The second-order valence-electron chi connectivity index (χ2n) is 20.8. The van der Waals surface area contributed by atoms with Crippen molar-refractivity contribution in [1.82, 2.24) is 30.2 Å². The molecule has 348 valence electrons. The molecule has 2 aromatic carbocycles. The topological polar surface area (TPSA) is 139 Å². The number of fused-ring (bicyclic) bond motifs is 2. The van der Waals surface area contributed by atoms with E-state index in [4.69, 9.17) is 0 Å². The highest BCUT2D eigenvalue weighted by Gasteiger charge is 2.56. The van der Waals surface area contributed by atoms with Gasteiger partial charge in [0, 0.05) is 71.5 Å². The third-order valence-corrected chi connectivity index (χ3v) is 15.9. The lowest BCUT2D eigenvalue weighted by Gasteiger charge is -2.56. The monoisotopic (exact) mass is 879 g/mol. The van der Waals surface area contributed by atoms with Crippen LogP contribution in [0.3, 0.4) is 0 Å². The number of hydrogen-bond acceptors (Lipinski definition) is 8. The van der Waals surface area contributed by atoms with E-state index in [9.17, 15) is 28.8 Å². The van der Waals surface area contributed by atoms with Crippen molar-refractivity contribution in [1.29, 1.82) is 0 Å². The molecule has 0 bridgehead atoms. The number of benzene rings is 2. The maximum absolute atomic E-state index is 14.3. The van der Waals surface area contributed by atoms with Crippen LogP contribution in [0.5, 0.6) is 0 Å². The minimum absolute atomic E-state index is 0.0754. The summed E-state index contributed by atoms with van der Waals surface area (Å²) in [6.45, 7) is 23.0. The van der Waals surface area contributed by atoms with E-state index in [-0.39, 0.29) is 119 Å². The fourth-order valence-corrected chi connectivity index (χ4v) is 13.5. The molecule has 0 radical (unpaired) electrons. The van der Waals surface area contributed by atoms with E-state index >= 15 is 0 Å². The maximum Gasteiger partial charge on any atom is 0.261 e. The predicted octanol–water partition coefficient (Wildman–Crippen LogP) is 8.49. The summed E-state index contributed by atoms with van der Waals surface area (Å²) < 4.78 is 0. The van der Waals surface area contributed by atoms with Gasteiger partial charge in [-0.15, -0.1) is 0 Å². The summed E-state index contributed by atoms with van der Waals surface area (Å²) in [4.78, 5) is 91.3. The van der Waals surface area contributed by atoms with Crippen LogP contribution in [0.4, 0.5) is 0 Å². The van der Waals surface area contributed by atoms with E-state index in [2.05, 4.69) is 79.9 Å². The minimum atomic E-state index is -0.336. The fourth-order valence-electron chi connectivity index (χ4n) is 13.5. The molecular weight excluding hydrogens is 805 g/mol. The zero-order chi connectivity index (χ0) is 46.5. The molecule has 5 aliphatic heterocycles. The van der Waals surface area contributed by atoms with Crippen molar-refractivity contribution >= 4 is 35.4 Å². The van der Waals surface area contributed by atoms with Gasteiger partial charge >= 0.3 is 0 Å². The Morgan fingerprint density at radius 1 is 0.516 bits per heavy atom. The minimum Gasteiger partial charge on any atom is -0.335 e. The van der Waals surface area contributed by atoms with Gasteiger partial charge in [-0.05, 0) is 127 Å². The van der Waals surface area contributed by atoms with Crippen LogP contribution < -0.4 is 10.6 Å². The van der Waals surface area contributed by atoms with Gasteiger partial charge in [0.05, 0.1) is 22.3 Å². The first-order valence-electron chi connectivity index (χ1n) is 24.6. The summed E-state index contributed by atoms with van der Waals surface area (Å²) in [6, 6.07) is 9.17. The Labute approximate surface area is 381 Å². The third-order valence-electron chi connectivity index (χ3n) is 15.9. The number of piperidine rings is 2. The zero-order valence-corrected chi connectivity index (χ0v) is 40.3. The van der Waals surface area contributed by atoms with Gasteiger partial charge in [-0.25, -0.2) is 0 Å². The molecule has 12 nitrogen and oxygen atoms in total. The van der Waals surface area contributed by atoms with E-state index in [1.807, 2.05) is 0 Å². The SMILES string of the molecule is CCCC1(C)CC(N2C(=O)c3ccc(C(=O)N4CCN(C(=O)c5ccc6c(c5)C(=O)N(C5CC(C)(CCC)NC(C)(CCC)C5CC)C6=O)CC4)cc3C2=O)C(CC)C(C)(CCC)N1. The molecular formula is C52H74N6O6. The van der Waals surface area contributed by atoms with Gasteiger partial charge in [0.2, 0.25) is 0 Å². The Morgan fingerprint density at radius 2 is 0.844 bits per heavy atom. The Hall–Kier alpha value is -4.42. The molecule has 0 saturated carbocycles. The molecule has 6 amide bonds. The first-order valence-corrected chi connectivity index (χ1v) is 24.6. The van der Waals surface area contributed by atoms with E-state index < -0.39 is 0 Å². The van der Waals surface area contributed by atoms with Crippen LogP contribution in [0.2, 0.25) is 0 Å². The van der Waals surface area contributed by atoms with Crippen molar-refractivity contribution in [3.63, 3.8) is 0 Å². The molecule has 5 aliphatic rings. The number of rotatable bonds is 14. The number of nitrogens with one attached hydrogen (secondary N) is 2. The number of hydrogen-bond donors (Lipinski definition) is 2. The average molecular weight is 879 g/mol. The smallest absolute Gasteiger partial charge is 0.261 e. The quantitative estimate of drug-likeness (QED) is 0.180. The Kier molecular flexibility index (Phi) is 13.4. The van der Waals surface area contributed by atoms with Gasteiger partial charge in [-0.3, -0.25) is 38.6 Å². The van der Waals surface area contributed by atoms with Crippen molar-refractivity contribution in [3.05, 3.63) is 69.8 Å². The fraction of sp³-hybridized carbons (Fsp3) is 0.654. The lowest BCUT2D eigenvalue weighted by Crippen LogP contribution is -2.69. The molecule has 8 atom stereocenters. The van der Waals surface area contributed by atoms with Gasteiger partial charge in [0.25, 0.3) is 35.4 Å². The summed E-state index contributed by atoms with van der Waals surface area (Å²) in [6.07, 6.45) is 10.7. The molecule has 7 rings (SSSR count). The number of nitrogens with zero attached hydrogens (tertiary/aromatic N) is 4. The van der Waals surface area contributed by atoms with Crippen LogP contribution in [0.1, 0.15) is 208 Å². The molecule has 0 aliphatic carbocycles. The second kappa shape index (κ2) is 18.1. The second-order valence-corrected chi connectivity index (χ2v) is 20.8. The lowest BCUT2D eigenvalue weighted by atomic mass is 9.66. The van der Waals surface area contributed by atoms with Crippen LogP contribution in [0, 0.1) is 11.8 Å². The third kappa shape index (κ3) is 8.24. The van der Waals surface area contributed by atoms with Crippen molar-refractivity contribution < 1.29 is 28.8 Å². The number of carbonyl (C=O) groups excluding carboxylic acids is 6. The standard InChI is InChI=1S/C52H74N6O6/c1-11-21-49(7)31-41(39(15-5)51(9,53-49)23-13-3)57-45(61)35-19-17-33(29-37(35)47(57)63)43(59)55-25-27-56(28-26-55)44(60)34-18-20-36-38(30-34)48(64)58(46(36)62)42-32-50(8,22-12-2)54-52(10,24-14-4)40(42)16-6/h17-20,29-30,39-42,53-54H,11-16,21-28,31-32H2,1-10H3. The van der Waals surface area contributed by atoms with Crippen LogP contribution in [0.25, 0.3) is 0 Å².